The summed E-state index contributed by atoms with van der Waals surface area (Å²) in [6.45, 7) is 4.22. The fourth-order valence-corrected chi connectivity index (χ4v) is 2.52. The van der Waals surface area contributed by atoms with Crippen LogP contribution in [-0.4, -0.2) is 24.6 Å². The first-order valence-electron chi connectivity index (χ1n) is 6.00. The van der Waals surface area contributed by atoms with E-state index in [1.807, 2.05) is 6.26 Å². The van der Waals surface area contributed by atoms with Crippen LogP contribution < -0.4 is 0 Å². The maximum atomic E-state index is 5.28. The van der Waals surface area contributed by atoms with Gasteiger partial charge in [0.2, 0.25) is 0 Å². The Hall–Kier alpha value is -1.28. The molecule has 0 aromatic heterocycles. The van der Waals surface area contributed by atoms with Gasteiger partial charge < -0.3 is 4.74 Å². The van der Waals surface area contributed by atoms with E-state index < -0.39 is 0 Å². The Bertz CT molecular complexity index is 411. The van der Waals surface area contributed by atoms with E-state index in [1.165, 1.54) is 29.7 Å². The van der Waals surface area contributed by atoms with E-state index in [2.05, 4.69) is 29.2 Å². The molecule has 0 N–H and O–H groups in total. The molecule has 2 heterocycles. The molecule has 0 atom stereocenters. The Morgan fingerprint density at radius 1 is 1.12 bits per heavy atom. The molecule has 0 unspecified atom stereocenters. The van der Waals surface area contributed by atoms with Crippen molar-refractivity contribution in [3.05, 3.63) is 47.2 Å². The molecule has 0 saturated carbocycles. The van der Waals surface area contributed by atoms with Crippen molar-refractivity contribution in [2.24, 2.45) is 0 Å². The second-order valence-electron chi connectivity index (χ2n) is 4.63. The number of hydrogen-bond acceptors (Lipinski definition) is 2. The van der Waals surface area contributed by atoms with E-state index in [-0.39, 0.29) is 0 Å². The molecule has 1 aromatic rings. The summed E-state index contributed by atoms with van der Waals surface area (Å²) in [7, 11) is 0. The van der Waals surface area contributed by atoms with E-state index in [1.54, 1.807) is 0 Å². The zero-order chi connectivity index (χ0) is 10.8. The standard InChI is InChI=1S/C14H17NO/c1-2-4-14-10-15(7-5-13(14)3-1)9-12-6-8-16-11-12/h1-4,11H,5-10H2. The molecule has 0 fully saturated rings. The lowest BCUT2D eigenvalue weighted by atomic mass is 9.99. The third-order valence-corrected chi connectivity index (χ3v) is 3.43. The van der Waals surface area contributed by atoms with Gasteiger partial charge in [-0.15, -0.1) is 0 Å². The fourth-order valence-electron chi connectivity index (χ4n) is 2.52. The minimum Gasteiger partial charge on any atom is -0.501 e. The predicted octanol–water partition coefficient (Wildman–Crippen LogP) is 2.35. The van der Waals surface area contributed by atoms with E-state index >= 15 is 0 Å². The van der Waals surface area contributed by atoms with Crippen LogP contribution in [0, 0.1) is 0 Å². The first-order chi connectivity index (χ1) is 7.92. The molecule has 2 heteroatoms. The summed E-state index contributed by atoms with van der Waals surface area (Å²) in [5.41, 5.74) is 4.46. The molecule has 16 heavy (non-hydrogen) atoms. The molecular weight excluding hydrogens is 198 g/mol. The van der Waals surface area contributed by atoms with E-state index in [4.69, 9.17) is 4.74 Å². The van der Waals surface area contributed by atoms with Gasteiger partial charge in [0.1, 0.15) is 0 Å². The summed E-state index contributed by atoms with van der Waals surface area (Å²) < 4.78 is 5.28. The third kappa shape index (κ3) is 1.98. The monoisotopic (exact) mass is 215 g/mol. The molecular formula is C14H17NO. The normalized spacial score (nSPS) is 20.1. The van der Waals surface area contributed by atoms with Gasteiger partial charge in [0.25, 0.3) is 0 Å². The van der Waals surface area contributed by atoms with Gasteiger partial charge in [0.05, 0.1) is 12.9 Å². The van der Waals surface area contributed by atoms with Crippen molar-refractivity contribution in [3.8, 4) is 0 Å². The van der Waals surface area contributed by atoms with Crippen LogP contribution in [0.15, 0.2) is 36.1 Å². The highest BCUT2D eigenvalue weighted by Gasteiger charge is 2.17. The van der Waals surface area contributed by atoms with Gasteiger partial charge in [-0.25, -0.2) is 0 Å². The van der Waals surface area contributed by atoms with Crippen molar-refractivity contribution >= 4 is 0 Å². The van der Waals surface area contributed by atoms with Gasteiger partial charge in [0, 0.05) is 26.1 Å². The highest BCUT2D eigenvalue weighted by atomic mass is 16.5. The lowest BCUT2D eigenvalue weighted by Gasteiger charge is -2.28. The number of hydrogen-bond donors (Lipinski definition) is 0. The molecule has 0 bridgehead atoms. The number of rotatable bonds is 2. The Labute approximate surface area is 96.5 Å². The maximum Gasteiger partial charge on any atom is 0.0912 e. The van der Waals surface area contributed by atoms with Gasteiger partial charge in [-0.2, -0.15) is 0 Å². The molecule has 84 valence electrons. The van der Waals surface area contributed by atoms with Crippen molar-refractivity contribution in [2.45, 2.75) is 19.4 Å². The number of ether oxygens (including phenoxy) is 1. The molecule has 2 aliphatic heterocycles. The Morgan fingerprint density at radius 2 is 2.00 bits per heavy atom. The SMILES string of the molecule is C1=C(CN2CCc3ccccc3C2)CCO1. The van der Waals surface area contributed by atoms with Crippen LogP contribution >= 0.6 is 0 Å². The van der Waals surface area contributed by atoms with Crippen molar-refractivity contribution < 1.29 is 4.74 Å². The Morgan fingerprint density at radius 3 is 2.81 bits per heavy atom. The Balaban J connectivity index is 1.68. The molecule has 2 nitrogen and oxygen atoms in total. The van der Waals surface area contributed by atoms with Crippen molar-refractivity contribution in [1.82, 2.24) is 4.90 Å². The molecule has 1 aromatic carbocycles. The lowest BCUT2D eigenvalue weighted by molar-refractivity contribution is 0.274. The van der Waals surface area contributed by atoms with Crippen molar-refractivity contribution in [2.75, 3.05) is 19.7 Å². The summed E-state index contributed by atoms with van der Waals surface area (Å²) in [5, 5.41) is 0. The second kappa shape index (κ2) is 4.30. The van der Waals surface area contributed by atoms with Gasteiger partial charge >= 0.3 is 0 Å². The van der Waals surface area contributed by atoms with Crippen molar-refractivity contribution in [3.63, 3.8) is 0 Å². The molecule has 0 aliphatic carbocycles. The molecule has 3 rings (SSSR count). The number of benzene rings is 1. The van der Waals surface area contributed by atoms with Crippen LogP contribution in [-0.2, 0) is 17.7 Å². The lowest BCUT2D eigenvalue weighted by Crippen LogP contribution is -2.31. The quantitative estimate of drug-likeness (QED) is 0.751. The second-order valence-corrected chi connectivity index (χ2v) is 4.63. The summed E-state index contributed by atoms with van der Waals surface area (Å²) in [6.07, 6.45) is 4.24. The fraction of sp³-hybridized carbons (Fsp3) is 0.429. The molecule has 0 saturated heterocycles. The van der Waals surface area contributed by atoms with Crippen LogP contribution in [0.4, 0.5) is 0 Å². The number of nitrogens with zero attached hydrogens (tertiary/aromatic N) is 1. The zero-order valence-electron chi connectivity index (χ0n) is 9.48. The van der Waals surface area contributed by atoms with Gasteiger partial charge in [-0.05, 0) is 23.1 Å². The van der Waals surface area contributed by atoms with Gasteiger partial charge in [-0.3, -0.25) is 4.90 Å². The van der Waals surface area contributed by atoms with E-state index in [0.717, 1.165) is 26.1 Å². The minimum atomic E-state index is 0.875. The third-order valence-electron chi connectivity index (χ3n) is 3.43. The summed E-state index contributed by atoms with van der Waals surface area (Å²) in [4.78, 5) is 2.52. The summed E-state index contributed by atoms with van der Waals surface area (Å²) in [5.74, 6) is 0. The largest absolute Gasteiger partial charge is 0.501 e. The van der Waals surface area contributed by atoms with Gasteiger partial charge in [-0.1, -0.05) is 24.3 Å². The van der Waals surface area contributed by atoms with Crippen LogP contribution in [0.5, 0.6) is 0 Å². The van der Waals surface area contributed by atoms with E-state index in [0.29, 0.717) is 0 Å². The zero-order valence-corrected chi connectivity index (χ0v) is 9.48. The van der Waals surface area contributed by atoms with Crippen LogP contribution in [0.25, 0.3) is 0 Å². The maximum absolute atomic E-state index is 5.28. The topological polar surface area (TPSA) is 12.5 Å². The minimum absolute atomic E-state index is 0.875. The first-order valence-corrected chi connectivity index (χ1v) is 6.00. The summed E-state index contributed by atoms with van der Waals surface area (Å²) in [6, 6.07) is 8.79. The van der Waals surface area contributed by atoms with Gasteiger partial charge in [0.15, 0.2) is 0 Å². The first kappa shape index (κ1) is 9.91. The Kier molecular flexibility index (Phi) is 2.66. The average molecular weight is 215 g/mol. The van der Waals surface area contributed by atoms with Crippen molar-refractivity contribution in [1.29, 1.82) is 0 Å². The molecule has 0 radical (unpaired) electrons. The van der Waals surface area contributed by atoms with Crippen LogP contribution in [0.2, 0.25) is 0 Å². The van der Waals surface area contributed by atoms with Crippen LogP contribution in [0.1, 0.15) is 17.5 Å². The number of fused-ring (bicyclic) bond motifs is 1. The smallest absolute Gasteiger partial charge is 0.0912 e. The molecule has 0 spiro atoms. The highest BCUT2D eigenvalue weighted by molar-refractivity contribution is 5.29. The highest BCUT2D eigenvalue weighted by Crippen LogP contribution is 2.20. The van der Waals surface area contributed by atoms with E-state index in [9.17, 15) is 0 Å². The molecule has 2 aliphatic rings. The van der Waals surface area contributed by atoms with Crippen LogP contribution in [0.3, 0.4) is 0 Å². The molecule has 0 amide bonds. The average Bonchev–Trinajstić information content (AvgIpc) is 2.82. The summed E-state index contributed by atoms with van der Waals surface area (Å²) >= 11 is 0. The predicted molar refractivity (Wildman–Crippen MR) is 64.1 cm³/mol.